The summed E-state index contributed by atoms with van der Waals surface area (Å²) in [5.74, 6) is 1.80. The largest absolute Gasteiger partial charge is 0.338 e. The zero-order valence-corrected chi connectivity index (χ0v) is 12.3. The Bertz CT molecular complexity index is 480. The van der Waals surface area contributed by atoms with Crippen LogP contribution in [0.25, 0.3) is 0 Å². The van der Waals surface area contributed by atoms with E-state index in [0.717, 1.165) is 36.1 Å². The van der Waals surface area contributed by atoms with E-state index in [9.17, 15) is 4.79 Å². The van der Waals surface area contributed by atoms with Gasteiger partial charge in [0.1, 0.15) is 0 Å². The van der Waals surface area contributed by atoms with Crippen LogP contribution in [0.3, 0.4) is 0 Å². The smallest absolute Gasteiger partial charge is 0.254 e. The van der Waals surface area contributed by atoms with Gasteiger partial charge in [0.25, 0.3) is 5.91 Å². The fourth-order valence-electron chi connectivity index (χ4n) is 3.85. The van der Waals surface area contributed by atoms with E-state index in [2.05, 4.69) is 9.88 Å². The standard InChI is InChI=1S/C17H24N2O/c1-13-11-18-9-7-16(13)17(20)19-10-8-15(12-19)14-5-3-2-4-6-14/h7,9,11,14-15H,2-6,8,10,12H2,1H3/t15-/m0/s1. The van der Waals surface area contributed by atoms with E-state index in [4.69, 9.17) is 0 Å². The van der Waals surface area contributed by atoms with Crippen molar-refractivity contribution in [1.29, 1.82) is 0 Å². The molecule has 1 aliphatic carbocycles. The Kier molecular flexibility index (Phi) is 4.04. The number of aromatic nitrogens is 1. The minimum absolute atomic E-state index is 0.197. The van der Waals surface area contributed by atoms with Gasteiger partial charge in [0.05, 0.1) is 0 Å². The Morgan fingerprint density at radius 1 is 1.20 bits per heavy atom. The van der Waals surface area contributed by atoms with Gasteiger partial charge in [-0.1, -0.05) is 32.1 Å². The molecule has 1 atom stereocenters. The second kappa shape index (κ2) is 5.94. The predicted octanol–water partition coefficient (Wildman–Crippen LogP) is 3.43. The van der Waals surface area contributed by atoms with Gasteiger partial charge >= 0.3 is 0 Å². The molecule has 1 saturated carbocycles. The van der Waals surface area contributed by atoms with Gasteiger partial charge in [-0.05, 0) is 36.8 Å². The summed E-state index contributed by atoms with van der Waals surface area (Å²) in [6, 6.07) is 1.85. The van der Waals surface area contributed by atoms with Crippen molar-refractivity contribution < 1.29 is 4.79 Å². The van der Waals surface area contributed by atoms with E-state index in [1.54, 1.807) is 12.4 Å². The number of amides is 1. The Labute approximate surface area is 121 Å². The van der Waals surface area contributed by atoms with Crippen molar-refractivity contribution in [2.45, 2.75) is 45.4 Å². The summed E-state index contributed by atoms with van der Waals surface area (Å²) in [5, 5.41) is 0. The Hall–Kier alpha value is -1.38. The molecule has 1 aromatic rings. The molecule has 1 amide bonds. The lowest BCUT2D eigenvalue weighted by Crippen LogP contribution is -2.30. The monoisotopic (exact) mass is 272 g/mol. The van der Waals surface area contributed by atoms with Gasteiger partial charge in [0, 0.05) is 31.0 Å². The van der Waals surface area contributed by atoms with Crippen molar-refractivity contribution in [3.8, 4) is 0 Å². The average molecular weight is 272 g/mol. The quantitative estimate of drug-likeness (QED) is 0.826. The van der Waals surface area contributed by atoms with Crippen LogP contribution in [0.15, 0.2) is 18.5 Å². The Balaban J connectivity index is 1.65. The molecule has 1 aliphatic heterocycles. The summed E-state index contributed by atoms with van der Waals surface area (Å²) in [6.07, 6.45) is 11.6. The number of likely N-dealkylation sites (tertiary alicyclic amines) is 1. The van der Waals surface area contributed by atoms with Crippen molar-refractivity contribution in [3.63, 3.8) is 0 Å². The van der Waals surface area contributed by atoms with Crippen LogP contribution < -0.4 is 0 Å². The summed E-state index contributed by atoms with van der Waals surface area (Å²) in [4.78, 5) is 18.7. The van der Waals surface area contributed by atoms with Crippen molar-refractivity contribution >= 4 is 5.91 Å². The molecule has 3 rings (SSSR count). The topological polar surface area (TPSA) is 33.2 Å². The molecular weight excluding hydrogens is 248 g/mol. The molecule has 3 nitrogen and oxygen atoms in total. The van der Waals surface area contributed by atoms with E-state index in [1.165, 1.54) is 38.5 Å². The number of rotatable bonds is 2. The number of hydrogen-bond acceptors (Lipinski definition) is 2. The minimum Gasteiger partial charge on any atom is -0.338 e. The van der Waals surface area contributed by atoms with Crippen molar-refractivity contribution in [3.05, 3.63) is 29.6 Å². The fourth-order valence-corrected chi connectivity index (χ4v) is 3.85. The average Bonchev–Trinajstić information content (AvgIpc) is 2.98. The maximum Gasteiger partial charge on any atom is 0.254 e. The van der Waals surface area contributed by atoms with Gasteiger partial charge < -0.3 is 4.90 Å². The molecule has 0 bridgehead atoms. The maximum atomic E-state index is 12.6. The summed E-state index contributed by atoms with van der Waals surface area (Å²) >= 11 is 0. The molecule has 3 heteroatoms. The van der Waals surface area contributed by atoms with Crippen molar-refractivity contribution in [2.24, 2.45) is 11.8 Å². The summed E-state index contributed by atoms with van der Waals surface area (Å²) < 4.78 is 0. The first-order chi connectivity index (χ1) is 9.75. The first-order valence-electron chi connectivity index (χ1n) is 7.95. The van der Waals surface area contributed by atoms with Crippen LogP contribution in [-0.2, 0) is 0 Å². The highest BCUT2D eigenvalue weighted by Crippen LogP contribution is 2.35. The minimum atomic E-state index is 0.197. The molecule has 0 aromatic carbocycles. The van der Waals surface area contributed by atoms with E-state index in [0.29, 0.717) is 0 Å². The molecule has 0 unspecified atom stereocenters. The van der Waals surface area contributed by atoms with E-state index in [-0.39, 0.29) is 5.91 Å². The van der Waals surface area contributed by atoms with Gasteiger partial charge in [-0.15, -0.1) is 0 Å². The molecular formula is C17H24N2O. The van der Waals surface area contributed by atoms with Crippen LogP contribution in [-0.4, -0.2) is 28.9 Å². The van der Waals surface area contributed by atoms with Crippen LogP contribution in [0.4, 0.5) is 0 Å². The fraction of sp³-hybridized carbons (Fsp3) is 0.647. The second-order valence-corrected chi connectivity index (χ2v) is 6.39. The molecule has 1 saturated heterocycles. The highest BCUT2D eigenvalue weighted by atomic mass is 16.2. The summed E-state index contributed by atoms with van der Waals surface area (Å²) in [7, 11) is 0. The van der Waals surface area contributed by atoms with Crippen molar-refractivity contribution in [2.75, 3.05) is 13.1 Å². The van der Waals surface area contributed by atoms with Crippen LogP contribution in [0, 0.1) is 18.8 Å². The zero-order valence-electron chi connectivity index (χ0n) is 12.3. The molecule has 0 spiro atoms. The van der Waals surface area contributed by atoms with Gasteiger partial charge in [-0.2, -0.15) is 0 Å². The zero-order chi connectivity index (χ0) is 13.9. The molecule has 2 heterocycles. The van der Waals surface area contributed by atoms with E-state index >= 15 is 0 Å². The van der Waals surface area contributed by atoms with E-state index in [1.807, 2.05) is 13.0 Å². The predicted molar refractivity (Wildman–Crippen MR) is 79.6 cm³/mol. The summed E-state index contributed by atoms with van der Waals surface area (Å²) in [6.45, 7) is 3.86. The third kappa shape index (κ3) is 2.72. The molecule has 1 aromatic heterocycles. The van der Waals surface area contributed by atoms with Crippen LogP contribution in [0.5, 0.6) is 0 Å². The van der Waals surface area contributed by atoms with Crippen molar-refractivity contribution in [1.82, 2.24) is 9.88 Å². The first kappa shape index (κ1) is 13.6. The normalized spacial score (nSPS) is 24.1. The number of carbonyl (C=O) groups is 1. The number of hydrogen-bond donors (Lipinski definition) is 0. The van der Waals surface area contributed by atoms with Gasteiger partial charge in [-0.25, -0.2) is 0 Å². The second-order valence-electron chi connectivity index (χ2n) is 6.39. The highest BCUT2D eigenvalue weighted by Gasteiger charge is 2.32. The lowest BCUT2D eigenvalue weighted by atomic mass is 9.80. The lowest BCUT2D eigenvalue weighted by molar-refractivity contribution is 0.0779. The number of carbonyl (C=O) groups excluding carboxylic acids is 1. The van der Waals surface area contributed by atoms with E-state index < -0.39 is 0 Å². The number of aryl methyl sites for hydroxylation is 1. The van der Waals surface area contributed by atoms with Crippen LogP contribution in [0.1, 0.15) is 54.4 Å². The molecule has 108 valence electrons. The van der Waals surface area contributed by atoms with Crippen LogP contribution in [0.2, 0.25) is 0 Å². The van der Waals surface area contributed by atoms with Crippen LogP contribution >= 0.6 is 0 Å². The Morgan fingerprint density at radius 2 is 2.00 bits per heavy atom. The van der Waals surface area contributed by atoms with Gasteiger partial charge in [0.2, 0.25) is 0 Å². The maximum absolute atomic E-state index is 12.6. The third-order valence-corrected chi connectivity index (χ3v) is 5.08. The summed E-state index contributed by atoms with van der Waals surface area (Å²) in [5.41, 5.74) is 1.81. The van der Waals surface area contributed by atoms with Gasteiger partial charge in [-0.3, -0.25) is 9.78 Å². The Morgan fingerprint density at radius 3 is 2.75 bits per heavy atom. The SMILES string of the molecule is Cc1cnccc1C(=O)N1CC[C@H](C2CCCCC2)C1. The molecule has 2 fully saturated rings. The molecule has 20 heavy (non-hydrogen) atoms. The lowest BCUT2D eigenvalue weighted by Gasteiger charge is -2.27. The highest BCUT2D eigenvalue weighted by molar-refractivity contribution is 5.95. The third-order valence-electron chi connectivity index (χ3n) is 5.08. The molecule has 0 N–H and O–H groups in total. The number of pyridine rings is 1. The number of nitrogens with zero attached hydrogens (tertiary/aromatic N) is 2. The molecule has 2 aliphatic rings. The molecule has 0 radical (unpaired) electrons. The van der Waals surface area contributed by atoms with Gasteiger partial charge in [0.15, 0.2) is 0 Å². The first-order valence-corrected chi connectivity index (χ1v) is 7.95.